The van der Waals surface area contributed by atoms with E-state index in [1.807, 2.05) is 18.3 Å². The Kier molecular flexibility index (Phi) is 3.60. The Labute approximate surface area is 151 Å². The highest BCUT2D eigenvalue weighted by Gasteiger charge is 2.29. The Morgan fingerprint density at radius 1 is 1.19 bits per heavy atom. The minimum Gasteiger partial charge on any atom is -0.326 e. The van der Waals surface area contributed by atoms with Gasteiger partial charge in [0, 0.05) is 30.0 Å². The average molecular weight is 347 g/mol. The normalized spacial score (nSPS) is 17.4. The molecule has 132 valence electrons. The molecule has 0 N–H and O–H groups in total. The van der Waals surface area contributed by atoms with Gasteiger partial charge < -0.3 is 4.57 Å². The maximum absolute atomic E-state index is 12.1. The molecule has 1 aliphatic heterocycles. The molecule has 6 nitrogen and oxygen atoms in total. The van der Waals surface area contributed by atoms with Gasteiger partial charge in [-0.1, -0.05) is 6.07 Å². The van der Waals surface area contributed by atoms with Crippen molar-refractivity contribution in [2.24, 2.45) is 5.92 Å². The summed E-state index contributed by atoms with van der Waals surface area (Å²) < 4.78 is 2.30. The fourth-order valence-corrected chi connectivity index (χ4v) is 3.67. The van der Waals surface area contributed by atoms with Crippen molar-refractivity contribution in [2.45, 2.75) is 32.4 Å². The standard InChI is InChI=1S/C20H21N5O/c1-24-6-7-25-18(11-21-20(25)12-24)14-4-5-17-15(8-14)9-16(22-23-17)10-19(26)13-2-3-13/h4-5,8-9,11,13H,2-3,6-7,10,12H2,1H3. The van der Waals surface area contributed by atoms with Crippen LogP contribution in [-0.2, 0) is 24.3 Å². The van der Waals surface area contributed by atoms with E-state index < -0.39 is 0 Å². The third kappa shape index (κ3) is 2.80. The first kappa shape index (κ1) is 15.6. The zero-order valence-electron chi connectivity index (χ0n) is 14.9. The van der Waals surface area contributed by atoms with E-state index >= 15 is 0 Å². The number of benzene rings is 1. The first-order valence-corrected chi connectivity index (χ1v) is 9.20. The summed E-state index contributed by atoms with van der Waals surface area (Å²) in [5, 5.41) is 9.56. The number of ketones is 1. The third-order valence-electron chi connectivity index (χ3n) is 5.37. The molecule has 0 unspecified atom stereocenters. The van der Waals surface area contributed by atoms with Gasteiger partial charge in [-0.25, -0.2) is 4.98 Å². The molecule has 0 spiro atoms. The monoisotopic (exact) mass is 347 g/mol. The average Bonchev–Trinajstić information content (AvgIpc) is 3.41. The van der Waals surface area contributed by atoms with Gasteiger partial charge in [0.2, 0.25) is 0 Å². The summed E-state index contributed by atoms with van der Waals surface area (Å²) in [5.74, 6) is 1.66. The number of nitrogens with zero attached hydrogens (tertiary/aromatic N) is 5. The van der Waals surface area contributed by atoms with Crippen LogP contribution in [0.15, 0.2) is 30.5 Å². The van der Waals surface area contributed by atoms with Crippen molar-refractivity contribution in [3.8, 4) is 11.3 Å². The van der Waals surface area contributed by atoms with E-state index in [2.05, 4.69) is 43.8 Å². The molecule has 2 aliphatic rings. The maximum Gasteiger partial charge on any atom is 0.141 e. The highest BCUT2D eigenvalue weighted by atomic mass is 16.1. The lowest BCUT2D eigenvalue weighted by atomic mass is 10.1. The summed E-state index contributed by atoms with van der Waals surface area (Å²) in [4.78, 5) is 18.9. The molecule has 0 bridgehead atoms. The molecule has 1 saturated carbocycles. The van der Waals surface area contributed by atoms with Crippen LogP contribution in [-0.4, -0.2) is 44.0 Å². The number of fused-ring (bicyclic) bond motifs is 2. The summed E-state index contributed by atoms with van der Waals surface area (Å²) in [6.45, 7) is 2.87. The van der Waals surface area contributed by atoms with Crippen LogP contribution in [0.1, 0.15) is 24.4 Å². The number of hydrogen-bond acceptors (Lipinski definition) is 5. The predicted octanol–water partition coefficient (Wildman–Crippen LogP) is 2.46. The number of hydrogen-bond donors (Lipinski definition) is 0. The molecule has 0 amide bonds. The first-order chi connectivity index (χ1) is 12.7. The quantitative estimate of drug-likeness (QED) is 0.725. The topological polar surface area (TPSA) is 63.9 Å². The van der Waals surface area contributed by atoms with E-state index in [9.17, 15) is 4.79 Å². The summed E-state index contributed by atoms with van der Waals surface area (Å²) in [6.07, 6.45) is 4.42. The van der Waals surface area contributed by atoms with Gasteiger partial charge >= 0.3 is 0 Å². The molecular weight excluding hydrogens is 326 g/mol. The van der Waals surface area contributed by atoms with Crippen LogP contribution < -0.4 is 0 Å². The van der Waals surface area contributed by atoms with Gasteiger partial charge in [-0.3, -0.25) is 9.69 Å². The molecule has 0 saturated heterocycles. The van der Waals surface area contributed by atoms with Crippen molar-refractivity contribution in [2.75, 3.05) is 13.6 Å². The smallest absolute Gasteiger partial charge is 0.141 e. The number of carbonyl (C=O) groups excluding carboxylic acids is 1. The van der Waals surface area contributed by atoms with Gasteiger partial charge in [-0.05, 0) is 38.1 Å². The van der Waals surface area contributed by atoms with Crippen molar-refractivity contribution in [3.63, 3.8) is 0 Å². The molecule has 26 heavy (non-hydrogen) atoms. The van der Waals surface area contributed by atoms with Crippen LogP contribution in [0.4, 0.5) is 0 Å². The largest absolute Gasteiger partial charge is 0.326 e. The van der Waals surface area contributed by atoms with Gasteiger partial charge in [-0.15, -0.1) is 0 Å². The molecule has 1 aliphatic carbocycles. The van der Waals surface area contributed by atoms with E-state index in [0.717, 1.165) is 66.2 Å². The van der Waals surface area contributed by atoms with Gasteiger partial charge in [0.25, 0.3) is 0 Å². The van der Waals surface area contributed by atoms with Crippen molar-refractivity contribution in [1.82, 2.24) is 24.6 Å². The molecule has 0 atom stereocenters. The molecular formula is C20H21N5O. The van der Waals surface area contributed by atoms with Crippen LogP contribution in [0.3, 0.4) is 0 Å². The van der Waals surface area contributed by atoms with Gasteiger partial charge in [0.05, 0.1) is 36.1 Å². The lowest BCUT2D eigenvalue weighted by Gasteiger charge is -2.24. The van der Waals surface area contributed by atoms with Crippen molar-refractivity contribution < 1.29 is 4.79 Å². The van der Waals surface area contributed by atoms with Crippen LogP contribution >= 0.6 is 0 Å². The highest BCUT2D eigenvalue weighted by molar-refractivity contribution is 5.87. The Morgan fingerprint density at radius 2 is 2.08 bits per heavy atom. The predicted molar refractivity (Wildman–Crippen MR) is 98.5 cm³/mol. The molecule has 1 aromatic carbocycles. The van der Waals surface area contributed by atoms with Gasteiger partial charge in [-0.2, -0.15) is 10.2 Å². The number of imidazole rings is 1. The zero-order valence-corrected chi connectivity index (χ0v) is 14.9. The fraction of sp³-hybridized carbons (Fsp3) is 0.400. The van der Waals surface area contributed by atoms with Gasteiger partial charge in [0.15, 0.2) is 0 Å². The Hall–Kier alpha value is -2.60. The maximum atomic E-state index is 12.1. The number of rotatable bonds is 4. The van der Waals surface area contributed by atoms with E-state index in [1.54, 1.807) is 0 Å². The minimum atomic E-state index is 0.260. The number of aromatic nitrogens is 4. The zero-order chi connectivity index (χ0) is 17.7. The minimum absolute atomic E-state index is 0.260. The van der Waals surface area contributed by atoms with Crippen LogP contribution in [0.25, 0.3) is 22.2 Å². The van der Waals surface area contributed by atoms with Gasteiger partial charge in [0.1, 0.15) is 11.6 Å². The molecule has 1 fully saturated rings. The van der Waals surface area contributed by atoms with Crippen molar-refractivity contribution in [1.29, 1.82) is 0 Å². The van der Waals surface area contributed by atoms with Crippen molar-refractivity contribution >= 4 is 16.7 Å². The summed E-state index contributed by atoms with van der Waals surface area (Å²) in [5.41, 5.74) is 3.90. The number of likely N-dealkylation sites (N-methyl/N-ethyl adjacent to an activating group) is 1. The Morgan fingerprint density at radius 3 is 2.92 bits per heavy atom. The number of Topliss-reactive ketones (excluding diaryl/α,β-unsaturated/α-hetero) is 1. The Bertz CT molecular complexity index is 1000. The lowest BCUT2D eigenvalue weighted by Crippen LogP contribution is -2.30. The van der Waals surface area contributed by atoms with E-state index in [0.29, 0.717) is 12.2 Å². The summed E-state index contributed by atoms with van der Waals surface area (Å²) in [6, 6.07) is 8.22. The fourth-order valence-electron chi connectivity index (χ4n) is 3.67. The Balaban J connectivity index is 1.50. The first-order valence-electron chi connectivity index (χ1n) is 9.20. The molecule has 6 heteroatoms. The number of carbonyl (C=O) groups is 1. The van der Waals surface area contributed by atoms with Crippen LogP contribution in [0.5, 0.6) is 0 Å². The highest BCUT2D eigenvalue weighted by Crippen LogP contribution is 2.31. The van der Waals surface area contributed by atoms with Crippen LogP contribution in [0, 0.1) is 5.92 Å². The second-order valence-corrected chi connectivity index (χ2v) is 7.48. The summed E-state index contributed by atoms with van der Waals surface area (Å²) >= 11 is 0. The van der Waals surface area contributed by atoms with E-state index in [4.69, 9.17) is 0 Å². The third-order valence-corrected chi connectivity index (χ3v) is 5.37. The van der Waals surface area contributed by atoms with E-state index in [1.165, 1.54) is 0 Å². The molecule has 5 rings (SSSR count). The molecule has 0 radical (unpaired) electrons. The lowest BCUT2D eigenvalue weighted by molar-refractivity contribution is -0.119. The second-order valence-electron chi connectivity index (χ2n) is 7.48. The van der Waals surface area contributed by atoms with Crippen molar-refractivity contribution in [3.05, 3.63) is 42.0 Å². The SMILES string of the molecule is CN1CCn2c(-c3ccc4nnc(CC(=O)C5CC5)cc4c3)cnc2C1. The molecule has 3 aromatic rings. The summed E-state index contributed by atoms with van der Waals surface area (Å²) in [7, 11) is 2.12. The van der Waals surface area contributed by atoms with Crippen LogP contribution in [0.2, 0.25) is 0 Å². The van der Waals surface area contributed by atoms with E-state index in [-0.39, 0.29) is 5.92 Å². The molecule has 3 heterocycles. The molecule has 2 aromatic heterocycles. The second kappa shape index (κ2) is 5.99.